The molecule has 1 aliphatic rings. The minimum absolute atomic E-state index is 0.000119. The summed E-state index contributed by atoms with van der Waals surface area (Å²) in [7, 11) is 1.92. The summed E-state index contributed by atoms with van der Waals surface area (Å²) in [5.41, 5.74) is 4.41. The van der Waals surface area contributed by atoms with Crippen LogP contribution in [0.3, 0.4) is 0 Å². The lowest BCUT2D eigenvalue weighted by atomic mass is 10.1. The zero-order valence-corrected chi connectivity index (χ0v) is 15.1. The molecule has 1 aromatic carbocycles. The van der Waals surface area contributed by atoms with Crippen molar-refractivity contribution in [2.24, 2.45) is 0 Å². The van der Waals surface area contributed by atoms with Crippen LogP contribution >= 0.6 is 0 Å². The molecule has 1 aromatic heterocycles. The number of aromatic amines is 1. The first kappa shape index (κ1) is 17.3. The van der Waals surface area contributed by atoms with E-state index in [1.54, 1.807) is 12.3 Å². The SMILES string of the molecule is Cc1ccc(C)c(N(C)CC(=O)c2c[nH]c(C(=O)N3CCCC3)c2)c1. The molecule has 3 rings (SSSR count). The highest BCUT2D eigenvalue weighted by Crippen LogP contribution is 2.21. The lowest BCUT2D eigenvalue weighted by molar-refractivity contribution is 0.0787. The van der Waals surface area contributed by atoms with Gasteiger partial charge in [0.1, 0.15) is 5.69 Å². The number of carbonyl (C=O) groups is 2. The molecule has 2 heterocycles. The van der Waals surface area contributed by atoms with Gasteiger partial charge in [-0.1, -0.05) is 12.1 Å². The highest BCUT2D eigenvalue weighted by Gasteiger charge is 2.22. The van der Waals surface area contributed by atoms with Crippen molar-refractivity contribution in [1.29, 1.82) is 0 Å². The number of anilines is 1. The Hall–Kier alpha value is -2.56. The van der Waals surface area contributed by atoms with Gasteiger partial charge in [0, 0.05) is 37.6 Å². The van der Waals surface area contributed by atoms with E-state index in [1.165, 1.54) is 5.56 Å². The molecule has 0 spiro atoms. The summed E-state index contributed by atoms with van der Waals surface area (Å²) >= 11 is 0. The van der Waals surface area contributed by atoms with Gasteiger partial charge in [0.2, 0.25) is 0 Å². The topological polar surface area (TPSA) is 56.4 Å². The van der Waals surface area contributed by atoms with Crippen LogP contribution in [0.15, 0.2) is 30.5 Å². The number of benzene rings is 1. The van der Waals surface area contributed by atoms with Gasteiger partial charge in [0.25, 0.3) is 5.91 Å². The third-order valence-corrected chi connectivity index (χ3v) is 4.79. The summed E-state index contributed by atoms with van der Waals surface area (Å²) in [6, 6.07) is 7.90. The Kier molecular flexibility index (Phi) is 4.93. The average molecular weight is 339 g/mol. The largest absolute Gasteiger partial charge is 0.367 e. The van der Waals surface area contributed by atoms with Crippen LogP contribution in [0.2, 0.25) is 0 Å². The van der Waals surface area contributed by atoms with Crippen molar-refractivity contribution in [3.05, 3.63) is 52.8 Å². The fraction of sp³-hybridized carbons (Fsp3) is 0.400. The van der Waals surface area contributed by atoms with E-state index in [9.17, 15) is 9.59 Å². The van der Waals surface area contributed by atoms with Gasteiger partial charge in [0.05, 0.1) is 6.54 Å². The average Bonchev–Trinajstić information content (AvgIpc) is 3.28. The Balaban J connectivity index is 1.69. The molecule has 0 unspecified atom stereocenters. The number of nitrogens with one attached hydrogen (secondary N) is 1. The molecule has 1 N–H and O–H groups in total. The molecule has 1 amide bonds. The molecule has 0 saturated carbocycles. The molecular formula is C20H25N3O2. The highest BCUT2D eigenvalue weighted by molar-refractivity contribution is 6.02. The minimum Gasteiger partial charge on any atom is -0.367 e. The van der Waals surface area contributed by atoms with Crippen LogP contribution in [0.1, 0.15) is 44.8 Å². The second-order valence-electron chi connectivity index (χ2n) is 6.87. The van der Waals surface area contributed by atoms with Crippen LogP contribution in [0, 0.1) is 13.8 Å². The molecular weight excluding hydrogens is 314 g/mol. The van der Waals surface area contributed by atoms with Gasteiger partial charge in [0.15, 0.2) is 5.78 Å². The van der Waals surface area contributed by atoms with Crippen molar-refractivity contribution < 1.29 is 9.59 Å². The Bertz CT molecular complexity index is 788. The molecule has 0 atom stereocenters. The van der Waals surface area contributed by atoms with Gasteiger partial charge in [-0.25, -0.2) is 0 Å². The molecule has 2 aromatic rings. The van der Waals surface area contributed by atoms with E-state index in [4.69, 9.17) is 0 Å². The van der Waals surface area contributed by atoms with E-state index >= 15 is 0 Å². The summed E-state index contributed by atoms with van der Waals surface area (Å²) in [5, 5.41) is 0. The normalized spacial score (nSPS) is 14.0. The third-order valence-electron chi connectivity index (χ3n) is 4.79. The van der Waals surface area contributed by atoms with Crippen LogP contribution in [0.4, 0.5) is 5.69 Å². The van der Waals surface area contributed by atoms with Crippen molar-refractivity contribution in [3.63, 3.8) is 0 Å². The van der Waals surface area contributed by atoms with Crippen molar-refractivity contribution in [2.45, 2.75) is 26.7 Å². The van der Waals surface area contributed by atoms with E-state index < -0.39 is 0 Å². The molecule has 5 nitrogen and oxygen atoms in total. The molecule has 1 aliphatic heterocycles. The van der Waals surface area contributed by atoms with Gasteiger partial charge < -0.3 is 14.8 Å². The van der Waals surface area contributed by atoms with E-state index in [2.05, 4.69) is 23.2 Å². The number of rotatable bonds is 5. The number of hydrogen-bond acceptors (Lipinski definition) is 3. The van der Waals surface area contributed by atoms with Crippen LogP contribution in [0.5, 0.6) is 0 Å². The van der Waals surface area contributed by atoms with Crippen molar-refractivity contribution in [3.8, 4) is 0 Å². The summed E-state index contributed by atoms with van der Waals surface area (Å²) in [6.45, 7) is 5.96. The van der Waals surface area contributed by atoms with Crippen LogP contribution in [-0.2, 0) is 0 Å². The number of Topliss-reactive ketones (excluding diaryl/α,β-unsaturated/α-hetero) is 1. The molecule has 1 saturated heterocycles. The number of likely N-dealkylation sites (N-methyl/N-ethyl adjacent to an activating group) is 1. The van der Waals surface area contributed by atoms with Gasteiger partial charge in [-0.2, -0.15) is 0 Å². The fourth-order valence-corrected chi connectivity index (χ4v) is 3.29. The number of likely N-dealkylation sites (tertiary alicyclic amines) is 1. The standard InChI is InChI=1S/C20H25N3O2/c1-14-6-7-15(2)18(10-14)22(3)13-19(24)16-11-17(21-12-16)20(25)23-8-4-5-9-23/h6-7,10-12,21H,4-5,8-9,13H2,1-3H3. The zero-order valence-electron chi connectivity index (χ0n) is 15.1. The van der Waals surface area contributed by atoms with E-state index in [0.717, 1.165) is 37.2 Å². The van der Waals surface area contributed by atoms with Crippen molar-refractivity contribution in [2.75, 3.05) is 31.6 Å². The number of hydrogen-bond donors (Lipinski definition) is 1. The predicted molar refractivity (Wildman–Crippen MR) is 99.4 cm³/mol. The van der Waals surface area contributed by atoms with Gasteiger partial charge in [-0.15, -0.1) is 0 Å². The summed E-state index contributed by atoms with van der Waals surface area (Å²) in [6.07, 6.45) is 3.75. The molecule has 0 bridgehead atoms. The Morgan fingerprint density at radius 1 is 1.16 bits per heavy atom. The maximum absolute atomic E-state index is 12.6. The van der Waals surface area contributed by atoms with E-state index in [0.29, 0.717) is 11.3 Å². The van der Waals surface area contributed by atoms with Gasteiger partial charge in [-0.05, 0) is 49.9 Å². The van der Waals surface area contributed by atoms with Gasteiger partial charge >= 0.3 is 0 Å². The fourth-order valence-electron chi connectivity index (χ4n) is 3.29. The van der Waals surface area contributed by atoms with Crippen LogP contribution in [0.25, 0.3) is 0 Å². The Labute approximate surface area is 148 Å². The predicted octanol–water partition coefficient (Wildman–Crippen LogP) is 3.19. The van der Waals surface area contributed by atoms with Crippen LogP contribution < -0.4 is 4.90 Å². The number of carbonyl (C=O) groups excluding carboxylic acids is 2. The molecule has 0 aliphatic carbocycles. The second-order valence-corrected chi connectivity index (χ2v) is 6.87. The first-order valence-corrected chi connectivity index (χ1v) is 8.75. The molecule has 25 heavy (non-hydrogen) atoms. The summed E-state index contributed by atoms with van der Waals surface area (Å²) in [5.74, 6) is -0.0143. The first-order chi connectivity index (χ1) is 12.0. The lowest BCUT2D eigenvalue weighted by Gasteiger charge is -2.21. The molecule has 5 heteroatoms. The first-order valence-electron chi connectivity index (χ1n) is 8.75. The number of aromatic nitrogens is 1. The smallest absolute Gasteiger partial charge is 0.270 e. The number of ketones is 1. The van der Waals surface area contributed by atoms with Gasteiger partial charge in [-0.3, -0.25) is 9.59 Å². The zero-order chi connectivity index (χ0) is 18.0. The maximum atomic E-state index is 12.6. The maximum Gasteiger partial charge on any atom is 0.270 e. The molecule has 0 radical (unpaired) electrons. The number of aryl methyl sites for hydroxylation is 2. The third kappa shape index (κ3) is 3.76. The number of nitrogens with zero attached hydrogens (tertiary/aromatic N) is 2. The molecule has 1 fully saturated rings. The highest BCUT2D eigenvalue weighted by atomic mass is 16.2. The minimum atomic E-state index is -0.0144. The number of H-pyrrole nitrogens is 1. The van der Waals surface area contributed by atoms with E-state index in [-0.39, 0.29) is 18.2 Å². The quantitative estimate of drug-likeness (QED) is 0.851. The second kappa shape index (κ2) is 7.13. The summed E-state index contributed by atoms with van der Waals surface area (Å²) in [4.78, 5) is 31.7. The summed E-state index contributed by atoms with van der Waals surface area (Å²) < 4.78 is 0. The molecule has 132 valence electrons. The van der Waals surface area contributed by atoms with Crippen molar-refractivity contribution >= 4 is 17.4 Å². The Morgan fingerprint density at radius 3 is 2.60 bits per heavy atom. The van der Waals surface area contributed by atoms with Crippen LogP contribution in [-0.4, -0.2) is 48.3 Å². The van der Waals surface area contributed by atoms with Crippen molar-refractivity contribution in [1.82, 2.24) is 9.88 Å². The Morgan fingerprint density at radius 2 is 1.88 bits per heavy atom. The lowest BCUT2D eigenvalue weighted by Crippen LogP contribution is -2.28. The monoisotopic (exact) mass is 339 g/mol. The number of amides is 1. The van der Waals surface area contributed by atoms with E-state index in [1.807, 2.05) is 30.7 Å².